The molecule has 0 radical (unpaired) electrons. The van der Waals surface area contributed by atoms with E-state index < -0.39 is 15.9 Å². The molecular weight excluding hydrogens is 448 g/mol. The second-order valence-corrected chi connectivity index (χ2v) is 10.0. The molecule has 0 spiro atoms. The number of benzene rings is 3. The fourth-order valence-electron chi connectivity index (χ4n) is 3.45. The number of sulfonamides is 1. The number of ether oxygens (including phenoxy) is 2. The Hall–Kier alpha value is -3.56. The molecule has 0 saturated carbocycles. The van der Waals surface area contributed by atoms with Crippen molar-refractivity contribution in [2.75, 3.05) is 11.5 Å². The fourth-order valence-corrected chi connectivity index (χ4v) is 5.52. The van der Waals surface area contributed by atoms with Crippen molar-refractivity contribution >= 4 is 43.7 Å². The highest BCUT2D eigenvalue weighted by Crippen LogP contribution is 2.32. The van der Waals surface area contributed by atoms with Crippen LogP contribution in [0.15, 0.2) is 76.3 Å². The summed E-state index contributed by atoms with van der Waals surface area (Å²) in [6.45, 7) is 0.426. The number of hydrogen-bond acceptors (Lipinski definition) is 6. The normalized spacial score (nSPS) is 12.6. The van der Waals surface area contributed by atoms with Gasteiger partial charge in [0.1, 0.15) is 4.21 Å². The third-order valence-electron chi connectivity index (χ3n) is 5.02. The van der Waals surface area contributed by atoms with Gasteiger partial charge in [-0.3, -0.25) is 9.52 Å². The minimum absolute atomic E-state index is 0.177. The standard InChI is InChI=1S/C23H18N2O5S2/c26-23(24-13-15-7-8-20-21(10-15)30-14-29-20)18-11-16-4-1-2-5-17(16)12-19(18)25-32(27,28)22-6-3-9-31-22/h1-12,25H,13-14H2,(H,24,26). The molecule has 1 aliphatic rings. The number of carbonyl (C=O) groups excluding carboxylic acids is 1. The summed E-state index contributed by atoms with van der Waals surface area (Å²) < 4.78 is 39.0. The Morgan fingerprint density at radius 3 is 2.50 bits per heavy atom. The van der Waals surface area contributed by atoms with E-state index in [0.29, 0.717) is 11.5 Å². The van der Waals surface area contributed by atoms with Gasteiger partial charge >= 0.3 is 0 Å². The predicted molar refractivity (Wildman–Crippen MR) is 123 cm³/mol. The number of fused-ring (bicyclic) bond motifs is 2. The number of amides is 1. The molecule has 0 fully saturated rings. The van der Waals surface area contributed by atoms with E-state index in [1.807, 2.05) is 36.4 Å². The fraction of sp³-hybridized carbons (Fsp3) is 0.0870. The maximum absolute atomic E-state index is 13.1. The lowest BCUT2D eigenvalue weighted by atomic mass is 10.0. The Balaban J connectivity index is 1.45. The van der Waals surface area contributed by atoms with Crippen LogP contribution >= 0.6 is 11.3 Å². The van der Waals surface area contributed by atoms with Crippen molar-refractivity contribution in [3.63, 3.8) is 0 Å². The topological polar surface area (TPSA) is 93.7 Å². The van der Waals surface area contributed by atoms with Gasteiger partial charge in [0.2, 0.25) is 6.79 Å². The number of nitrogens with one attached hydrogen (secondary N) is 2. The lowest BCUT2D eigenvalue weighted by molar-refractivity contribution is 0.0952. The van der Waals surface area contributed by atoms with Crippen LogP contribution in [0.1, 0.15) is 15.9 Å². The Bertz CT molecular complexity index is 1420. The maximum atomic E-state index is 13.1. The summed E-state index contributed by atoms with van der Waals surface area (Å²) in [7, 11) is -3.81. The molecule has 3 aromatic carbocycles. The second kappa shape index (κ2) is 8.18. The van der Waals surface area contributed by atoms with E-state index >= 15 is 0 Å². The molecular formula is C23H18N2O5S2. The molecule has 2 heterocycles. The number of anilines is 1. The van der Waals surface area contributed by atoms with E-state index in [0.717, 1.165) is 27.7 Å². The molecule has 162 valence electrons. The monoisotopic (exact) mass is 466 g/mol. The van der Waals surface area contributed by atoms with Gasteiger partial charge in [0.05, 0.1) is 11.3 Å². The molecule has 0 saturated heterocycles. The van der Waals surface area contributed by atoms with Crippen molar-refractivity contribution in [3.8, 4) is 11.5 Å². The van der Waals surface area contributed by atoms with Gasteiger partial charge in [0, 0.05) is 6.54 Å². The van der Waals surface area contributed by atoms with Crippen LogP contribution in [-0.4, -0.2) is 21.1 Å². The van der Waals surface area contributed by atoms with Crippen molar-refractivity contribution < 1.29 is 22.7 Å². The van der Waals surface area contributed by atoms with Gasteiger partial charge in [0.25, 0.3) is 15.9 Å². The molecule has 0 unspecified atom stereocenters. The van der Waals surface area contributed by atoms with E-state index in [1.54, 1.807) is 29.6 Å². The van der Waals surface area contributed by atoms with Crippen LogP contribution in [0.2, 0.25) is 0 Å². The number of hydrogen-bond donors (Lipinski definition) is 2. The Kier molecular flexibility index (Phi) is 5.20. The molecule has 32 heavy (non-hydrogen) atoms. The minimum Gasteiger partial charge on any atom is -0.454 e. The van der Waals surface area contributed by atoms with Crippen molar-refractivity contribution in [2.45, 2.75) is 10.8 Å². The molecule has 1 amide bonds. The first-order valence-corrected chi connectivity index (χ1v) is 12.1. The zero-order valence-corrected chi connectivity index (χ0v) is 18.3. The van der Waals surface area contributed by atoms with E-state index in [-0.39, 0.29) is 28.8 Å². The molecule has 0 atom stereocenters. The van der Waals surface area contributed by atoms with Gasteiger partial charge in [-0.15, -0.1) is 11.3 Å². The molecule has 4 aromatic rings. The molecule has 9 heteroatoms. The van der Waals surface area contributed by atoms with E-state index in [9.17, 15) is 13.2 Å². The molecule has 5 rings (SSSR count). The van der Waals surface area contributed by atoms with Gasteiger partial charge in [-0.1, -0.05) is 36.4 Å². The zero-order valence-electron chi connectivity index (χ0n) is 16.7. The van der Waals surface area contributed by atoms with Crippen molar-refractivity contribution in [3.05, 3.63) is 83.2 Å². The van der Waals surface area contributed by atoms with Crippen LogP contribution in [-0.2, 0) is 16.6 Å². The largest absolute Gasteiger partial charge is 0.454 e. The Morgan fingerprint density at radius 2 is 1.72 bits per heavy atom. The predicted octanol–water partition coefficient (Wildman–Crippen LogP) is 4.36. The average Bonchev–Trinajstić information content (AvgIpc) is 3.49. The SMILES string of the molecule is O=C(NCc1ccc2c(c1)OCO2)c1cc2ccccc2cc1NS(=O)(=O)c1cccs1. The minimum atomic E-state index is -3.81. The smallest absolute Gasteiger partial charge is 0.271 e. The van der Waals surface area contributed by atoms with Crippen LogP contribution in [0.25, 0.3) is 10.8 Å². The highest BCUT2D eigenvalue weighted by atomic mass is 32.2. The first-order chi connectivity index (χ1) is 15.5. The summed E-state index contributed by atoms with van der Waals surface area (Å²) in [6.07, 6.45) is 0. The number of thiophene rings is 1. The highest BCUT2D eigenvalue weighted by molar-refractivity contribution is 7.94. The first-order valence-electron chi connectivity index (χ1n) is 9.75. The number of rotatable bonds is 6. The second-order valence-electron chi connectivity index (χ2n) is 7.15. The average molecular weight is 467 g/mol. The van der Waals surface area contributed by atoms with E-state index in [1.165, 1.54) is 6.07 Å². The summed E-state index contributed by atoms with van der Waals surface area (Å²) in [6, 6.07) is 19.5. The van der Waals surface area contributed by atoms with Crippen LogP contribution in [0, 0.1) is 0 Å². The summed E-state index contributed by atoms with van der Waals surface area (Å²) in [5.41, 5.74) is 1.30. The van der Waals surface area contributed by atoms with Crippen LogP contribution in [0.4, 0.5) is 5.69 Å². The lowest BCUT2D eigenvalue weighted by Gasteiger charge is -2.14. The zero-order chi connectivity index (χ0) is 22.1. The van der Waals surface area contributed by atoms with Crippen molar-refractivity contribution in [1.29, 1.82) is 0 Å². The van der Waals surface area contributed by atoms with Gasteiger partial charge in [-0.2, -0.15) is 0 Å². The maximum Gasteiger partial charge on any atom is 0.271 e. The van der Waals surface area contributed by atoms with Gasteiger partial charge < -0.3 is 14.8 Å². The van der Waals surface area contributed by atoms with Crippen molar-refractivity contribution in [2.24, 2.45) is 0 Å². The van der Waals surface area contributed by atoms with Crippen LogP contribution in [0.3, 0.4) is 0 Å². The highest BCUT2D eigenvalue weighted by Gasteiger charge is 2.21. The van der Waals surface area contributed by atoms with Crippen molar-refractivity contribution in [1.82, 2.24) is 5.32 Å². The Labute approximate surface area is 188 Å². The third kappa shape index (κ3) is 4.00. The first kappa shape index (κ1) is 20.3. The summed E-state index contributed by atoms with van der Waals surface area (Å²) in [5, 5.41) is 6.21. The summed E-state index contributed by atoms with van der Waals surface area (Å²) in [5.74, 6) is 0.907. The molecule has 7 nitrogen and oxygen atoms in total. The van der Waals surface area contributed by atoms with Gasteiger partial charge in [-0.25, -0.2) is 8.42 Å². The van der Waals surface area contributed by atoms with E-state index in [4.69, 9.17) is 9.47 Å². The van der Waals surface area contributed by atoms with Crippen LogP contribution in [0.5, 0.6) is 11.5 Å². The molecule has 1 aliphatic heterocycles. The lowest BCUT2D eigenvalue weighted by Crippen LogP contribution is -2.25. The molecule has 0 aliphatic carbocycles. The Morgan fingerprint density at radius 1 is 0.938 bits per heavy atom. The van der Waals surface area contributed by atoms with Crippen LogP contribution < -0.4 is 19.5 Å². The third-order valence-corrected chi connectivity index (χ3v) is 7.79. The summed E-state index contributed by atoms with van der Waals surface area (Å²) >= 11 is 1.11. The molecule has 0 bridgehead atoms. The molecule has 1 aromatic heterocycles. The van der Waals surface area contributed by atoms with E-state index in [2.05, 4.69) is 10.0 Å². The van der Waals surface area contributed by atoms with Gasteiger partial charge in [0.15, 0.2) is 11.5 Å². The summed E-state index contributed by atoms with van der Waals surface area (Å²) in [4.78, 5) is 13.1. The number of carbonyl (C=O) groups is 1. The van der Waals surface area contributed by atoms with Gasteiger partial charge in [-0.05, 0) is 52.0 Å². The molecule has 2 N–H and O–H groups in total. The quantitative estimate of drug-likeness (QED) is 0.440.